The summed E-state index contributed by atoms with van der Waals surface area (Å²) < 4.78 is 2.15. The van der Waals surface area contributed by atoms with Gasteiger partial charge in [-0.1, -0.05) is 108 Å². The van der Waals surface area contributed by atoms with Gasteiger partial charge in [0.15, 0.2) is 0 Å². The zero-order valence-electron chi connectivity index (χ0n) is 27.3. The highest BCUT2D eigenvalue weighted by Gasteiger charge is 2.57. The van der Waals surface area contributed by atoms with Gasteiger partial charge < -0.3 is 0 Å². The van der Waals surface area contributed by atoms with E-state index in [-0.39, 0.29) is 16.2 Å². The summed E-state index contributed by atoms with van der Waals surface area (Å²) >= 11 is 0. The highest BCUT2D eigenvalue weighted by Crippen LogP contribution is 2.62. The summed E-state index contributed by atoms with van der Waals surface area (Å²) in [5.74, 6) is 0. The number of benzene rings is 5. The third-order valence-electron chi connectivity index (χ3n) is 11.4. The molecule has 5 aromatic carbocycles. The predicted octanol–water partition coefficient (Wildman–Crippen LogP) is 10.6. The topological polar surface area (TPSA) is 43.6 Å². The lowest BCUT2D eigenvalue weighted by atomic mass is 9.59. The smallest absolute Gasteiger partial charge is 0.100 e. The molecular weight excluding hydrogens is 560 g/mol. The zero-order valence-corrected chi connectivity index (χ0v) is 27.3. The number of rotatable bonds is 4. The van der Waals surface area contributed by atoms with Crippen molar-refractivity contribution in [1.29, 1.82) is 0 Å². The summed E-state index contributed by atoms with van der Waals surface area (Å²) in [4.78, 5) is 15.5. The van der Waals surface area contributed by atoms with Crippen LogP contribution in [-0.4, -0.2) is 19.5 Å². The molecule has 1 aliphatic rings. The van der Waals surface area contributed by atoms with E-state index >= 15 is 0 Å². The molecule has 2 aromatic heterocycles. The zero-order chi connectivity index (χ0) is 31.8. The lowest BCUT2D eigenvalue weighted by Crippen LogP contribution is -2.42. The van der Waals surface area contributed by atoms with E-state index in [9.17, 15) is 0 Å². The number of nitrogens with zero attached hydrogens (tertiary/aromatic N) is 4. The minimum Gasteiger partial charge on any atom is -0.299 e. The SMILES string of the molecule is CC1(C)c2cc(-c3ccc4c(c3)ncn4-c3ccccc3)c(-c3nc4ccccc4nc3-c3ccccc3)cc2C(C)(C)C1(C)C. The number of hydrogen-bond acceptors (Lipinski definition) is 3. The molecule has 0 N–H and O–H groups in total. The van der Waals surface area contributed by atoms with E-state index in [2.05, 4.69) is 137 Å². The van der Waals surface area contributed by atoms with Crippen LogP contribution in [0.5, 0.6) is 0 Å². The molecule has 0 atom stereocenters. The largest absolute Gasteiger partial charge is 0.299 e. The van der Waals surface area contributed by atoms with Gasteiger partial charge in [-0.05, 0) is 87.0 Å². The van der Waals surface area contributed by atoms with Gasteiger partial charge in [0.2, 0.25) is 0 Å². The Labute approximate surface area is 270 Å². The number of fused-ring (bicyclic) bond motifs is 3. The van der Waals surface area contributed by atoms with Crippen LogP contribution in [0.4, 0.5) is 0 Å². The maximum Gasteiger partial charge on any atom is 0.100 e. The van der Waals surface area contributed by atoms with E-state index in [4.69, 9.17) is 15.0 Å². The van der Waals surface area contributed by atoms with Crippen LogP contribution < -0.4 is 0 Å². The van der Waals surface area contributed by atoms with Crippen molar-refractivity contribution in [3.8, 4) is 39.3 Å². The molecule has 0 radical (unpaired) electrons. The summed E-state index contributed by atoms with van der Waals surface area (Å²) in [6.45, 7) is 14.4. The Kier molecular flexibility index (Phi) is 6.14. The summed E-state index contributed by atoms with van der Waals surface area (Å²) in [5.41, 5.74) is 13.8. The van der Waals surface area contributed by atoms with E-state index in [1.807, 2.05) is 30.6 Å². The van der Waals surface area contributed by atoms with Crippen molar-refractivity contribution in [3.63, 3.8) is 0 Å². The van der Waals surface area contributed by atoms with Gasteiger partial charge in [-0.2, -0.15) is 0 Å². The van der Waals surface area contributed by atoms with E-state index < -0.39 is 0 Å². The Morgan fingerprint density at radius 3 is 1.72 bits per heavy atom. The monoisotopic (exact) mass is 598 g/mol. The second-order valence-electron chi connectivity index (χ2n) is 14.2. The first-order valence-electron chi connectivity index (χ1n) is 16.1. The molecule has 1 aliphatic carbocycles. The highest BCUT2D eigenvalue weighted by molar-refractivity contribution is 5.95. The van der Waals surface area contributed by atoms with Gasteiger partial charge in [-0.15, -0.1) is 0 Å². The van der Waals surface area contributed by atoms with Gasteiger partial charge in [-0.25, -0.2) is 15.0 Å². The molecule has 0 spiro atoms. The standard InChI is InChI=1S/C42H38N4/c1-40(2)32-24-30(28-21-22-37-36(23-28)43-26-46(37)29-17-11-8-12-18-29)31(25-33(32)41(3,4)42(40,5)6)39-38(27-15-9-7-10-16-27)44-34-19-13-14-20-35(34)45-39/h7-26H,1-6H3. The molecule has 0 aliphatic heterocycles. The van der Waals surface area contributed by atoms with E-state index in [0.717, 1.165) is 61.4 Å². The minimum atomic E-state index is -0.0608. The second kappa shape index (κ2) is 9.95. The van der Waals surface area contributed by atoms with Gasteiger partial charge in [0.25, 0.3) is 0 Å². The molecule has 4 heteroatoms. The molecule has 226 valence electrons. The van der Waals surface area contributed by atoms with Crippen LogP contribution in [0.2, 0.25) is 0 Å². The van der Waals surface area contributed by atoms with Crippen LogP contribution in [0.3, 0.4) is 0 Å². The number of para-hydroxylation sites is 3. The first-order valence-corrected chi connectivity index (χ1v) is 16.1. The molecule has 0 saturated heterocycles. The van der Waals surface area contributed by atoms with Crippen LogP contribution in [-0.2, 0) is 10.8 Å². The highest BCUT2D eigenvalue weighted by atomic mass is 15.0. The Morgan fingerprint density at radius 1 is 0.500 bits per heavy atom. The molecule has 2 heterocycles. The molecule has 0 bridgehead atoms. The number of imidazole rings is 1. The van der Waals surface area contributed by atoms with Crippen LogP contribution >= 0.6 is 0 Å². The Hall–Kier alpha value is -5.09. The molecule has 7 aromatic rings. The van der Waals surface area contributed by atoms with E-state index in [0.29, 0.717) is 0 Å². The van der Waals surface area contributed by atoms with Gasteiger partial charge in [0.1, 0.15) is 6.33 Å². The fourth-order valence-electron chi connectivity index (χ4n) is 7.48. The maximum absolute atomic E-state index is 5.38. The van der Waals surface area contributed by atoms with Gasteiger partial charge in [-0.3, -0.25) is 4.57 Å². The van der Waals surface area contributed by atoms with Crippen molar-refractivity contribution in [2.75, 3.05) is 0 Å². The fraction of sp³-hybridized carbons (Fsp3) is 0.214. The Morgan fingerprint density at radius 2 is 1.07 bits per heavy atom. The molecule has 0 saturated carbocycles. The molecule has 0 unspecified atom stereocenters. The normalized spacial score (nSPS) is 16.1. The van der Waals surface area contributed by atoms with Gasteiger partial charge in [0.05, 0.1) is 33.5 Å². The third kappa shape index (κ3) is 4.02. The van der Waals surface area contributed by atoms with E-state index in [1.165, 1.54) is 11.1 Å². The van der Waals surface area contributed by atoms with Crippen molar-refractivity contribution in [2.45, 2.75) is 52.4 Å². The minimum absolute atomic E-state index is 0.0218. The fourth-order valence-corrected chi connectivity index (χ4v) is 7.48. The van der Waals surface area contributed by atoms with Crippen molar-refractivity contribution in [3.05, 3.63) is 133 Å². The molecule has 8 rings (SSSR count). The Bertz CT molecular complexity index is 2270. The molecule has 46 heavy (non-hydrogen) atoms. The molecule has 0 amide bonds. The lowest BCUT2D eigenvalue weighted by Gasteiger charge is -2.44. The van der Waals surface area contributed by atoms with Gasteiger partial charge in [0, 0.05) is 16.8 Å². The quantitative estimate of drug-likeness (QED) is 0.202. The van der Waals surface area contributed by atoms with Crippen LogP contribution in [0.25, 0.3) is 61.4 Å². The first kappa shape index (κ1) is 28.4. The van der Waals surface area contributed by atoms with Gasteiger partial charge >= 0.3 is 0 Å². The lowest BCUT2D eigenvalue weighted by molar-refractivity contribution is 0.125. The van der Waals surface area contributed by atoms with Crippen molar-refractivity contribution < 1.29 is 0 Å². The molecule has 4 nitrogen and oxygen atoms in total. The van der Waals surface area contributed by atoms with Crippen LogP contribution in [0.1, 0.15) is 52.7 Å². The predicted molar refractivity (Wildman–Crippen MR) is 190 cm³/mol. The van der Waals surface area contributed by atoms with Crippen molar-refractivity contribution in [1.82, 2.24) is 19.5 Å². The summed E-state index contributed by atoms with van der Waals surface area (Å²) in [7, 11) is 0. The average Bonchev–Trinajstić information content (AvgIpc) is 3.54. The summed E-state index contributed by atoms with van der Waals surface area (Å²) in [5, 5.41) is 0. The summed E-state index contributed by atoms with van der Waals surface area (Å²) in [6.07, 6.45) is 1.92. The van der Waals surface area contributed by atoms with Crippen LogP contribution in [0, 0.1) is 5.41 Å². The molecular formula is C42H38N4. The number of hydrogen-bond donors (Lipinski definition) is 0. The molecule has 0 fully saturated rings. The van der Waals surface area contributed by atoms with Crippen LogP contribution in [0.15, 0.2) is 122 Å². The number of aromatic nitrogens is 4. The van der Waals surface area contributed by atoms with Crippen molar-refractivity contribution in [2.24, 2.45) is 5.41 Å². The van der Waals surface area contributed by atoms with Crippen molar-refractivity contribution >= 4 is 22.1 Å². The Balaban J connectivity index is 1.44. The first-order chi connectivity index (χ1) is 22.1. The maximum atomic E-state index is 5.38. The second-order valence-corrected chi connectivity index (χ2v) is 14.2. The van der Waals surface area contributed by atoms with E-state index in [1.54, 1.807) is 0 Å². The third-order valence-corrected chi connectivity index (χ3v) is 11.4. The average molecular weight is 599 g/mol. The summed E-state index contributed by atoms with van der Waals surface area (Å²) in [6, 6.07) is 40.6.